The van der Waals surface area contributed by atoms with Gasteiger partial charge >= 0.3 is 0 Å². The van der Waals surface area contributed by atoms with Crippen LogP contribution in [0.15, 0.2) is 35.0 Å². The van der Waals surface area contributed by atoms with E-state index in [0.717, 1.165) is 61.7 Å². The largest absolute Gasteiger partial charge is 0.488 e. The lowest BCUT2D eigenvalue weighted by atomic mass is 9.93. The third-order valence-electron chi connectivity index (χ3n) is 5.89. The van der Waals surface area contributed by atoms with E-state index in [1.807, 2.05) is 65.1 Å². The van der Waals surface area contributed by atoms with Crippen molar-refractivity contribution in [2.24, 2.45) is 0 Å². The van der Waals surface area contributed by atoms with Gasteiger partial charge < -0.3 is 29.1 Å². The molecule has 0 amide bonds. The zero-order valence-corrected chi connectivity index (χ0v) is 23.3. The number of nitrogens with zero attached hydrogens (tertiary/aromatic N) is 5. The highest BCUT2D eigenvalue weighted by Gasteiger charge is 2.22. The number of ether oxygens (including phenoxy) is 1. The molecule has 1 aliphatic carbocycles. The lowest BCUT2D eigenvalue weighted by molar-refractivity contribution is -0.106. The van der Waals surface area contributed by atoms with Gasteiger partial charge in [0.2, 0.25) is 11.8 Å². The van der Waals surface area contributed by atoms with Crippen LogP contribution in [-0.4, -0.2) is 79.6 Å². The van der Waals surface area contributed by atoms with E-state index in [-0.39, 0.29) is 6.10 Å². The Kier molecular flexibility index (Phi) is 12.8. The summed E-state index contributed by atoms with van der Waals surface area (Å²) < 4.78 is 12.2. The number of aromatic nitrogens is 3. The molecule has 4 rings (SSSR count). The average Bonchev–Trinajstić information content (AvgIpc) is 3.38. The number of anilines is 3. The Morgan fingerprint density at radius 3 is 2.43 bits per heavy atom. The second kappa shape index (κ2) is 15.8. The summed E-state index contributed by atoms with van der Waals surface area (Å²) in [4.78, 5) is 26.4. The summed E-state index contributed by atoms with van der Waals surface area (Å²) in [6.45, 7) is 7.17. The van der Waals surface area contributed by atoms with Gasteiger partial charge in [-0.1, -0.05) is 26.0 Å². The fourth-order valence-corrected chi connectivity index (χ4v) is 3.89. The Bertz CT molecular complexity index is 1070. The first-order valence-electron chi connectivity index (χ1n) is 13.0. The van der Waals surface area contributed by atoms with Crippen molar-refractivity contribution in [2.75, 3.05) is 51.5 Å². The number of nitrogens with one attached hydrogen (secondary N) is 2. The fourth-order valence-electron chi connectivity index (χ4n) is 3.89. The Labute approximate surface area is 220 Å². The molecule has 0 atom stereocenters. The molecule has 0 bridgehead atoms. The number of hydrogen-bond acceptors (Lipinski definition) is 10. The van der Waals surface area contributed by atoms with Gasteiger partial charge in [-0.15, -0.1) is 0 Å². The maximum absolute atomic E-state index is 8.81. The van der Waals surface area contributed by atoms with Gasteiger partial charge in [0.15, 0.2) is 0 Å². The van der Waals surface area contributed by atoms with E-state index >= 15 is 0 Å². The van der Waals surface area contributed by atoms with E-state index in [2.05, 4.69) is 25.5 Å². The zero-order chi connectivity index (χ0) is 27.2. The predicted octanol–water partition coefficient (Wildman–Crippen LogP) is 4.50. The van der Waals surface area contributed by atoms with Crippen LogP contribution in [0.1, 0.15) is 46.5 Å². The van der Waals surface area contributed by atoms with E-state index in [0.29, 0.717) is 23.9 Å². The molecule has 0 unspecified atom stereocenters. The molecular weight excluding hydrogens is 470 g/mol. The highest BCUT2D eigenvalue weighted by atomic mass is 16.5. The number of carbonyl (C=O) groups is 1. The SMILES string of the molecule is CC.CC=O.CNC1CCC(Oc2cccc3cnc(Nc4cnc(N(C)CCN(C)C)o4)nc23)CC1. The quantitative estimate of drug-likeness (QED) is 0.397. The molecule has 10 heteroatoms. The number of oxazole rings is 1. The van der Waals surface area contributed by atoms with Crippen LogP contribution in [-0.2, 0) is 4.79 Å². The Balaban J connectivity index is 0.000000898. The number of likely N-dealkylation sites (N-methyl/N-ethyl adjacent to an activating group) is 2. The molecule has 3 aromatic rings. The summed E-state index contributed by atoms with van der Waals surface area (Å²) in [7, 11) is 8.07. The fraction of sp³-hybridized carbons (Fsp3) is 0.556. The molecule has 1 aromatic carbocycles. The molecule has 2 heterocycles. The highest BCUT2D eigenvalue weighted by molar-refractivity contribution is 5.84. The van der Waals surface area contributed by atoms with Gasteiger partial charge in [-0.05, 0) is 59.8 Å². The second-order valence-corrected chi connectivity index (χ2v) is 8.86. The number of aldehydes is 1. The number of rotatable bonds is 9. The molecule has 37 heavy (non-hydrogen) atoms. The topological polar surface area (TPSA) is 109 Å². The molecule has 0 radical (unpaired) electrons. The molecule has 1 aliphatic rings. The van der Waals surface area contributed by atoms with Crippen LogP contribution in [0, 0.1) is 0 Å². The summed E-state index contributed by atoms with van der Waals surface area (Å²) in [6.07, 6.45) is 8.76. The third kappa shape index (κ3) is 9.29. The van der Waals surface area contributed by atoms with Crippen molar-refractivity contribution in [3.63, 3.8) is 0 Å². The van der Waals surface area contributed by atoms with Gasteiger partial charge in [-0.25, -0.2) is 9.97 Å². The minimum absolute atomic E-state index is 0.214. The Hall–Kier alpha value is -3.24. The Morgan fingerprint density at radius 2 is 1.78 bits per heavy atom. The molecule has 0 aliphatic heterocycles. The Morgan fingerprint density at radius 1 is 1.08 bits per heavy atom. The molecule has 204 valence electrons. The first kappa shape index (κ1) is 30.0. The minimum Gasteiger partial charge on any atom is -0.488 e. The summed E-state index contributed by atoms with van der Waals surface area (Å²) in [5.41, 5.74) is 0.795. The normalized spacial score (nSPS) is 16.8. The summed E-state index contributed by atoms with van der Waals surface area (Å²) >= 11 is 0. The molecule has 2 aromatic heterocycles. The monoisotopic (exact) mass is 513 g/mol. The molecule has 2 N–H and O–H groups in total. The first-order chi connectivity index (χ1) is 17.9. The molecule has 1 fully saturated rings. The van der Waals surface area contributed by atoms with E-state index in [9.17, 15) is 0 Å². The molecule has 0 spiro atoms. The van der Waals surface area contributed by atoms with Crippen LogP contribution in [0.3, 0.4) is 0 Å². The summed E-state index contributed by atoms with van der Waals surface area (Å²) in [6, 6.07) is 7.11. The van der Waals surface area contributed by atoms with Crippen molar-refractivity contribution in [3.05, 3.63) is 30.6 Å². The summed E-state index contributed by atoms with van der Waals surface area (Å²) in [5, 5.41) is 7.44. The van der Waals surface area contributed by atoms with E-state index in [1.54, 1.807) is 12.4 Å². The van der Waals surface area contributed by atoms with Crippen molar-refractivity contribution in [1.29, 1.82) is 0 Å². The highest BCUT2D eigenvalue weighted by Crippen LogP contribution is 2.30. The summed E-state index contributed by atoms with van der Waals surface area (Å²) in [5.74, 6) is 1.74. The van der Waals surface area contributed by atoms with Gasteiger partial charge in [0.1, 0.15) is 17.6 Å². The lowest BCUT2D eigenvalue weighted by Gasteiger charge is -2.28. The van der Waals surface area contributed by atoms with Crippen molar-refractivity contribution in [3.8, 4) is 5.75 Å². The molecule has 1 saturated carbocycles. The van der Waals surface area contributed by atoms with Gasteiger partial charge in [-0.3, -0.25) is 5.32 Å². The molecular formula is C27H43N7O3. The van der Waals surface area contributed by atoms with Crippen LogP contribution in [0.25, 0.3) is 10.9 Å². The average molecular weight is 514 g/mol. The van der Waals surface area contributed by atoms with Crippen LogP contribution in [0.4, 0.5) is 17.8 Å². The van der Waals surface area contributed by atoms with Crippen LogP contribution in [0.5, 0.6) is 5.75 Å². The third-order valence-corrected chi connectivity index (χ3v) is 5.89. The first-order valence-corrected chi connectivity index (χ1v) is 13.0. The van der Waals surface area contributed by atoms with Gasteiger partial charge in [0.05, 0.1) is 12.3 Å². The number of para-hydroxylation sites is 1. The molecule has 0 saturated heterocycles. The van der Waals surface area contributed by atoms with Crippen molar-refractivity contribution in [2.45, 2.75) is 58.6 Å². The van der Waals surface area contributed by atoms with Crippen molar-refractivity contribution < 1.29 is 13.9 Å². The van der Waals surface area contributed by atoms with Gasteiger partial charge in [-0.2, -0.15) is 4.98 Å². The molecule has 10 nitrogen and oxygen atoms in total. The maximum Gasteiger partial charge on any atom is 0.298 e. The van der Waals surface area contributed by atoms with Gasteiger partial charge in [0, 0.05) is 37.8 Å². The van der Waals surface area contributed by atoms with Crippen LogP contribution >= 0.6 is 0 Å². The predicted molar refractivity (Wildman–Crippen MR) is 150 cm³/mol. The smallest absolute Gasteiger partial charge is 0.298 e. The van der Waals surface area contributed by atoms with E-state index in [4.69, 9.17) is 18.9 Å². The zero-order valence-electron chi connectivity index (χ0n) is 23.3. The van der Waals surface area contributed by atoms with Crippen LogP contribution in [0.2, 0.25) is 0 Å². The minimum atomic E-state index is 0.214. The van der Waals surface area contributed by atoms with Crippen molar-refractivity contribution in [1.82, 2.24) is 25.2 Å². The standard InChI is InChI=1S/C23H33N7O2.C2H4O.C2H6/c1-24-17-8-10-18(11-9-17)31-19-7-5-6-16-14-25-22(28-21(16)19)27-20-15-26-23(32-20)30(4)13-12-29(2)3;1-2-3;1-2/h5-7,14-15,17-18,24H,8-13H2,1-4H3,(H,25,27,28);2H,1H3;1-2H3. The van der Waals surface area contributed by atoms with Gasteiger partial charge in [0.25, 0.3) is 6.01 Å². The number of hydrogen-bond donors (Lipinski definition) is 2. The van der Waals surface area contributed by atoms with Crippen LogP contribution < -0.4 is 20.3 Å². The van der Waals surface area contributed by atoms with E-state index in [1.165, 1.54) is 6.92 Å². The lowest BCUT2D eigenvalue weighted by Crippen LogP contribution is -2.34. The van der Waals surface area contributed by atoms with E-state index < -0.39 is 0 Å². The number of fused-ring (bicyclic) bond motifs is 1. The number of benzene rings is 1. The second-order valence-electron chi connectivity index (χ2n) is 8.86. The van der Waals surface area contributed by atoms with Crippen molar-refractivity contribution >= 4 is 35.0 Å². The number of carbonyl (C=O) groups excluding carboxylic acids is 1. The maximum atomic E-state index is 8.81.